The molecule has 8 nitrogen and oxygen atoms in total. The molecule has 36 heavy (non-hydrogen) atoms. The molecular weight excluding hydrogens is 452 g/mol. The highest BCUT2D eigenvalue weighted by Crippen LogP contribution is 2.40. The molecule has 0 spiro atoms. The van der Waals surface area contributed by atoms with E-state index in [0.29, 0.717) is 17.3 Å². The van der Waals surface area contributed by atoms with Crippen molar-refractivity contribution in [3.05, 3.63) is 73.3 Å². The molecule has 8 heteroatoms. The molecule has 0 aliphatic carbocycles. The third-order valence-electron chi connectivity index (χ3n) is 6.89. The van der Waals surface area contributed by atoms with Crippen LogP contribution in [0.3, 0.4) is 0 Å². The van der Waals surface area contributed by atoms with Crippen LogP contribution in [-0.2, 0) is 0 Å². The fourth-order valence-corrected chi connectivity index (χ4v) is 5.08. The van der Waals surface area contributed by atoms with Gasteiger partial charge in [0.25, 0.3) is 0 Å². The zero-order valence-electron chi connectivity index (χ0n) is 20.4. The normalized spacial score (nSPS) is 16.4. The molecule has 2 bridgehead atoms. The van der Waals surface area contributed by atoms with Crippen LogP contribution in [0, 0.1) is 0 Å². The molecule has 1 saturated heterocycles. The van der Waals surface area contributed by atoms with Crippen LogP contribution in [0.15, 0.2) is 77.7 Å². The predicted molar refractivity (Wildman–Crippen MR) is 143 cm³/mol. The van der Waals surface area contributed by atoms with Gasteiger partial charge in [0.1, 0.15) is 0 Å². The van der Waals surface area contributed by atoms with Crippen molar-refractivity contribution in [1.82, 2.24) is 9.97 Å². The largest absolute Gasteiger partial charge is 0.444 e. The van der Waals surface area contributed by atoms with Gasteiger partial charge in [-0.1, -0.05) is 24.3 Å². The Morgan fingerprint density at radius 3 is 2.78 bits per heavy atom. The molecule has 2 aromatic carbocycles. The average molecular weight is 481 g/mol. The highest BCUT2D eigenvalue weighted by molar-refractivity contribution is 6.04. The summed E-state index contributed by atoms with van der Waals surface area (Å²) in [6.07, 6.45) is 5.05. The van der Waals surface area contributed by atoms with Crippen LogP contribution < -0.4 is 20.0 Å². The molecule has 4 heterocycles. The number of piperidine rings is 1. The second-order valence-electron chi connectivity index (χ2n) is 9.47. The molecule has 2 aliphatic rings. The number of carbonyl (C=O) groups is 1. The van der Waals surface area contributed by atoms with E-state index in [-0.39, 0.29) is 12.1 Å². The first-order valence-electron chi connectivity index (χ1n) is 12.2. The van der Waals surface area contributed by atoms with Gasteiger partial charge in [-0.2, -0.15) is 0 Å². The van der Waals surface area contributed by atoms with Gasteiger partial charge in [0.15, 0.2) is 18.0 Å². The average Bonchev–Trinajstić information content (AvgIpc) is 3.44. The number of nitrogens with one attached hydrogen (secondary N) is 1. The topological polar surface area (TPSA) is 77.7 Å². The van der Waals surface area contributed by atoms with Gasteiger partial charge in [0.2, 0.25) is 0 Å². The summed E-state index contributed by atoms with van der Waals surface area (Å²) in [4.78, 5) is 29.1. The summed E-state index contributed by atoms with van der Waals surface area (Å²) in [7, 11) is 4.05. The summed E-state index contributed by atoms with van der Waals surface area (Å²) in [6.45, 7) is 1.80. The molecule has 0 radical (unpaired) electrons. The van der Waals surface area contributed by atoms with E-state index in [1.54, 1.807) is 6.20 Å². The molecule has 182 valence electrons. The molecule has 6 rings (SSSR count). The number of pyridine rings is 1. The monoisotopic (exact) mass is 480 g/mol. The van der Waals surface area contributed by atoms with Crippen LogP contribution in [0.1, 0.15) is 12.8 Å². The maximum Gasteiger partial charge on any atom is 0.327 e. The summed E-state index contributed by atoms with van der Waals surface area (Å²) in [6, 6.07) is 20.0. The summed E-state index contributed by atoms with van der Waals surface area (Å²) in [5, 5.41) is 3.10. The summed E-state index contributed by atoms with van der Waals surface area (Å²) in [5.41, 5.74) is 5.54. The van der Waals surface area contributed by atoms with E-state index in [1.807, 2.05) is 49.3 Å². The van der Waals surface area contributed by atoms with Crippen LogP contribution in [0.25, 0.3) is 22.6 Å². The number of fused-ring (bicyclic) bond motifs is 4. The Bertz CT molecular complexity index is 1400. The van der Waals surface area contributed by atoms with E-state index in [1.165, 1.54) is 6.39 Å². The van der Waals surface area contributed by atoms with Crippen molar-refractivity contribution in [3.63, 3.8) is 0 Å². The number of hydrogen-bond acceptors (Lipinski definition) is 6. The Morgan fingerprint density at radius 1 is 1.08 bits per heavy atom. The first-order chi connectivity index (χ1) is 17.6. The second kappa shape index (κ2) is 9.03. The first-order valence-corrected chi connectivity index (χ1v) is 12.2. The summed E-state index contributed by atoms with van der Waals surface area (Å²) >= 11 is 0. The fraction of sp³-hybridized carbons (Fsp3) is 0.250. The lowest BCUT2D eigenvalue weighted by atomic mass is 9.99. The van der Waals surface area contributed by atoms with Crippen molar-refractivity contribution in [2.24, 2.45) is 0 Å². The molecule has 2 amide bonds. The van der Waals surface area contributed by atoms with Gasteiger partial charge in [-0.15, -0.1) is 0 Å². The molecule has 1 N–H and O–H groups in total. The second-order valence-corrected chi connectivity index (χ2v) is 9.47. The number of carbonyl (C=O) groups excluding carboxylic acids is 1. The van der Waals surface area contributed by atoms with Gasteiger partial charge in [-0.05, 0) is 49.2 Å². The number of urea groups is 1. The van der Waals surface area contributed by atoms with E-state index in [0.717, 1.165) is 54.1 Å². The number of amides is 2. The lowest BCUT2D eigenvalue weighted by molar-refractivity contribution is 0.252. The van der Waals surface area contributed by atoms with Gasteiger partial charge in [-0.3, -0.25) is 4.90 Å². The van der Waals surface area contributed by atoms with Crippen molar-refractivity contribution >= 4 is 28.9 Å². The maximum absolute atomic E-state index is 13.7. The molecule has 2 aliphatic heterocycles. The number of aromatic nitrogens is 2. The molecule has 0 saturated carbocycles. The van der Waals surface area contributed by atoms with Crippen LogP contribution >= 0.6 is 0 Å². The van der Waals surface area contributed by atoms with E-state index >= 15 is 0 Å². The van der Waals surface area contributed by atoms with Crippen molar-refractivity contribution in [2.45, 2.75) is 18.9 Å². The van der Waals surface area contributed by atoms with Crippen LogP contribution in [0.5, 0.6) is 0 Å². The van der Waals surface area contributed by atoms with Crippen molar-refractivity contribution in [3.8, 4) is 22.6 Å². The number of anilines is 4. The lowest BCUT2D eigenvalue weighted by Crippen LogP contribution is -2.56. The number of nitrogens with zero attached hydrogens (tertiary/aromatic N) is 5. The summed E-state index contributed by atoms with van der Waals surface area (Å²) in [5.74, 6) is 1.37. The van der Waals surface area contributed by atoms with Crippen LogP contribution in [0.4, 0.5) is 27.7 Å². The minimum Gasteiger partial charge on any atom is -0.444 e. The molecule has 2 aromatic heterocycles. The Balaban J connectivity index is 1.35. The van der Waals surface area contributed by atoms with Crippen molar-refractivity contribution < 1.29 is 9.21 Å². The number of oxazole rings is 1. The Morgan fingerprint density at radius 2 is 1.94 bits per heavy atom. The number of rotatable bonds is 4. The fourth-order valence-electron chi connectivity index (χ4n) is 5.08. The zero-order valence-corrected chi connectivity index (χ0v) is 20.4. The van der Waals surface area contributed by atoms with E-state index in [9.17, 15) is 4.79 Å². The minimum absolute atomic E-state index is 0.0690. The smallest absolute Gasteiger partial charge is 0.327 e. The van der Waals surface area contributed by atoms with Gasteiger partial charge in [-0.25, -0.2) is 14.8 Å². The Hall–Kier alpha value is -4.33. The van der Waals surface area contributed by atoms with Gasteiger partial charge in [0.05, 0.1) is 23.6 Å². The SMILES string of the molecule is CN(C)c1cccc(-c2ccc3c(n2)N(C(=O)Nc2cccc(-c4cnco4)c2)[C@@H]2CCCN3C2)c1. The van der Waals surface area contributed by atoms with E-state index in [2.05, 4.69) is 50.4 Å². The lowest BCUT2D eigenvalue weighted by Gasteiger charge is -2.45. The highest BCUT2D eigenvalue weighted by Gasteiger charge is 2.38. The molecule has 0 unspecified atom stereocenters. The third-order valence-corrected chi connectivity index (χ3v) is 6.89. The molecule has 4 aromatic rings. The molecule has 1 atom stereocenters. The maximum atomic E-state index is 13.7. The van der Waals surface area contributed by atoms with Crippen LogP contribution in [-0.4, -0.2) is 49.2 Å². The standard InChI is InChI=1S/C28H28N6O2/c1-32(2)22-9-4-6-19(15-22)24-11-12-25-27(31-24)34(23-10-5-13-33(25)17-23)28(35)30-21-8-3-7-20(14-21)26-16-29-18-36-26/h3-4,6-9,11-12,14-16,18,23H,5,10,13,17H2,1-2H3,(H,30,35)/t23-/m1/s1. The number of hydrogen-bond donors (Lipinski definition) is 1. The first kappa shape index (κ1) is 22.2. The van der Waals surface area contributed by atoms with E-state index < -0.39 is 0 Å². The predicted octanol–water partition coefficient (Wildman–Crippen LogP) is 5.49. The van der Waals surface area contributed by atoms with E-state index in [4.69, 9.17) is 9.40 Å². The van der Waals surface area contributed by atoms with Crippen LogP contribution in [0.2, 0.25) is 0 Å². The molecule has 1 fully saturated rings. The van der Waals surface area contributed by atoms with Gasteiger partial charge >= 0.3 is 6.03 Å². The van der Waals surface area contributed by atoms with Crippen molar-refractivity contribution in [1.29, 1.82) is 0 Å². The third kappa shape index (κ3) is 4.04. The zero-order chi connectivity index (χ0) is 24.6. The van der Waals surface area contributed by atoms with Crippen molar-refractivity contribution in [2.75, 3.05) is 47.2 Å². The number of benzene rings is 2. The minimum atomic E-state index is -0.177. The highest BCUT2D eigenvalue weighted by atomic mass is 16.3. The van der Waals surface area contributed by atoms with Gasteiger partial charge in [0, 0.05) is 49.7 Å². The Labute approximate surface area is 210 Å². The Kier molecular flexibility index (Phi) is 5.56. The van der Waals surface area contributed by atoms with Gasteiger partial charge < -0.3 is 19.5 Å². The summed E-state index contributed by atoms with van der Waals surface area (Å²) < 4.78 is 5.42. The quantitative estimate of drug-likeness (QED) is 0.416. The molecular formula is C28H28N6O2.